The second-order valence-corrected chi connectivity index (χ2v) is 5.65. The molecular weight excluding hydrogens is 252 g/mol. The Balaban J connectivity index is 1.70. The van der Waals surface area contributed by atoms with E-state index in [0.29, 0.717) is 13.0 Å². The van der Waals surface area contributed by atoms with E-state index in [9.17, 15) is 4.79 Å². The predicted octanol–water partition coefficient (Wildman–Crippen LogP) is 1.51. The van der Waals surface area contributed by atoms with Gasteiger partial charge in [0.2, 0.25) is 5.91 Å². The molecule has 1 aromatic rings. The van der Waals surface area contributed by atoms with Crippen molar-refractivity contribution in [2.45, 2.75) is 31.9 Å². The molecule has 3 rings (SSSR count). The largest absolute Gasteiger partial charge is 0.373 e. The van der Waals surface area contributed by atoms with E-state index < -0.39 is 0 Å². The molecule has 4 heteroatoms. The quantitative estimate of drug-likeness (QED) is 0.889. The topological polar surface area (TPSA) is 41.6 Å². The lowest BCUT2D eigenvalue weighted by molar-refractivity contribution is -0.137. The Morgan fingerprint density at radius 1 is 1.45 bits per heavy atom. The van der Waals surface area contributed by atoms with Gasteiger partial charge in [0, 0.05) is 25.7 Å². The summed E-state index contributed by atoms with van der Waals surface area (Å²) in [6.45, 7) is 5.38. The normalized spacial score (nSPS) is 26.1. The van der Waals surface area contributed by atoms with Crippen molar-refractivity contribution >= 4 is 5.91 Å². The molecule has 1 aromatic carbocycles. The molecule has 20 heavy (non-hydrogen) atoms. The minimum absolute atomic E-state index is 0.0745. The number of carbonyl (C=O) groups is 1. The van der Waals surface area contributed by atoms with E-state index in [0.717, 1.165) is 26.1 Å². The lowest BCUT2D eigenvalue weighted by atomic mass is 9.95. The van der Waals surface area contributed by atoms with Gasteiger partial charge in [-0.3, -0.25) is 4.79 Å². The van der Waals surface area contributed by atoms with Gasteiger partial charge in [0.15, 0.2) is 0 Å². The zero-order valence-electron chi connectivity index (χ0n) is 12.0. The average molecular weight is 274 g/mol. The Morgan fingerprint density at radius 2 is 2.30 bits per heavy atom. The molecule has 1 fully saturated rings. The number of ether oxygens (including phenoxy) is 1. The maximum Gasteiger partial charge on any atom is 0.225 e. The highest BCUT2D eigenvalue weighted by molar-refractivity contribution is 5.77. The molecule has 0 saturated carbocycles. The molecule has 1 unspecified atom stereocenters. The first-order valence-corrected chi connectivity index (χ1v) is 7.45. The third-order valence-corrected chi connectivity index (χ3v) is 4.27. The molecular formula is C16H22N2O2. The standard InChI is InChI=1S/C16H22N2O2/c1-12-11-17-7-8-18(12)16(19)10-15-14-5-3-2-4-13(14)6-9-20-15/h2-5,12,15,17H,6-11H2,1H3/t12-,15?/m0/s1. The number of benzene rings is 1. The van der Waals surface area contributed by atoms with Crippen molar-refractivity contribution in [2.75, 3.05) is 26.2 Å². The molecule has 0 aromatic heterocycles. The summed E-state index contributed by atoms with van der Waals surface area (Å²) < 4.78 is 5.84. The van der Waals surface area contributed by atoms with E-state index in [2.05, 4.69) is 30.4 Å². The Hall–Kier alpha value is -1.39. The van der Waals surface area contributed by atoms with Crippen LogP contribution in [0.15, 0.2) is 24.3 Å². The minimum Gasteiger partial charge on any atom is -0.373 e. The molecule has 4 nitrogen and oxygen atoms in total. The van der Waals surface area contributed by atoms with Gasteiger partial charge in [-0.05, 0) is 24.5 Å². The van der Waals surface area contributed by atoms with E-state index in [1.165, 1.54) is 11.1 Å². The lowest BCUT2D eigenvalue weighted by Crippen LogP contribution is -2.52. The summed E-state index contributed by atoms with van der Waals surface area (Å²) in [5, 5.41) is 3.31. The van der Waals surface area contributed by atoms with E-state index >= 15 is 0 Å². The number of carbonyl (C=O) groups excluding carboxylic acids is 1. The second kappa shape index (κ2) is 5.94. The minimum atomic E-state index is -0.0745. The van der Waals surface area contributed by atoms with Crippen LogP contribution in [0, 0.1) is 0 Å². The molecule has 1 saturated heterocycles. The van der Waals surface area contributed by atoms with Gasteiger partial charge in [-0.2, -0.15) is 0 Å². The van der Waals surface area contributed by atoms with E-state index in [1.807, 2.05) is 11.0 Å². The highest BCUT2D eigenvalue weighted by atomic mass is 16.5. The van der Waals surface area contributed by atoms with Gasteiger partial charge in [-0.25, -0.2) is 0 Å². The summed E-state index contributed by atoms with van der Waals surface area (Å²) in [5.74, 6) is 0.209. The van der Waals surface area contributed by atoms with Crippen molar-refractivity contribution in [1.29, 1.82) is 0 Å². The zero-order chi connectivity index (χ0) is 13.9. The predicted molar refractivity (Wildman–Crippen MR) is 77.5 cm³/mol. The highest BCUT2D eigenvalue weighted by Crippen LogP contribution is 2.30. The van der Waals surface area contributed by atoms with Crippen molar-refractivity contribution in [3.05, 3.63) is 35.4 Å². The fraction of sp³-hybridized carbons (Fsp3) is 0.562. The van der Waals surface area contributed by atoms with Crippen LogP contribution < -0.4 is 5.32 Å². The van der Waals surface area contributed by atoms with Gasteiger partial charge in [0.25, 0.3) is 0 Å². The van der Waals surface area contributed by atoms with Gasteiger partial charge in [-0.1, -0.05) is 24.3 Å². The van der Waals surface area contributed by atoms with Gasteiger partial charge in [0.1, 0.15) is 0 Å². The fourth-order valence-corrected chi connectivity index (χ4v) is 3.13. The van der Waals surface area contributed by atoms with Crippen molar-refractivity contribution < 1.29 is 9.53 Å². The van der Waals surface area contributed by atoms with Crippen LogP contribution in [0.1, 0.15) is 30.6 Å². The maximum absolute atomic E-state index is 12.5. The first kappa shape index (κ1) is 13.6. The van der Waals surface area contributed by atoms with Crippen LogP contribution in [0.25, 0.3) is 0 Å². The van der Waals surface area contributed by atoms with Gasteiger partial charge < -0.3 is 15.0 Å². The Bertz CT molecular complexity index is 489. The molecule has 2 atom stereocenters. The number of nitrogens with zero attached hydrogens (tertiary/aromatic N) is 1. The van der Waals surface area contributed by atoms with Crippen LogP contribution in [0.2, 0.25) is 0 Å². The third-order valence-electron chi connectivity index (χ3n) is 4.27. The van der Waals surface area contributed by atoms with Gasteiger partial charge >= 0.3 is 0 Å². The summed E-state index contributed by atoms with van der Waals surface area (Å²) in [4.78, 5) is 14.5. The molecule has 0 aliphatic carbocycles. The number of nitrogens with one attached hydrogen (secondary N) is 1. The van der Waals surface area contributed by atoms with Gasteiger partial charge in [-0.15, -0.1) is 0 Å². The maximum atomic E-state index is 12.5. The number of hydrogen-bond acceptors (Lipinski definition) is 3. The molecule has 1 N–H and O–H groups in total. The average Bonchev–Trinajstić information content (AvgIpc) is 2.48. The molecule has 2 heterocycles. The SMILES string of the molecule is C[C@H]1CNCCN1C(=O)CC1OCCc2ccccc21. The summed E-state index contributed by atoms with van der Waals surface area (Å²) in [5.41, 5.74) is 2.51. The summed E-state index contributed by atoms with van der Waals surface area (Å²) in [7, 11) is 0. The Kier molecular flexibility index (Phi) is 4.03. The van der Waals surface area contributed by atoms with Crippen molar-refractivity contribution in [3.8, 4) is 0 Å². The smallest absolute Gasteiger partial charge is 0.225 e. The van der Waals surface area contributed by atoms with Crippen LogP contribution in [0.5, 0.6) is 0 Å². The number of piperazine rings is 1. The summed E-state index contributed by atoms with van der Waals surface area (Å²) >= 11 is 0. The summed E-state index contributed by atoms with van der Waals surface area (Å²) in [6, 6.07) is 8.59. The number of hydrogen-bond donors (Lipinski definition) is 1. The zero-order valence-corrected chi connectivity index (χ0v) is 12.0. The second-order valence-electron chi connectivity index (χ2n) is 5.65. The van der Waals surface area contributed by atoms with E-state index in [1.54, 1.807) is 0 Å². The monoisotopic (exact) mass is 274 g/mol. The number of fused-ring (bicyclic) bond motifs is 1. The fourth-order valence-electron chi connectivity index (χ4n) is 3.13. The van der Waals surface area contributed by atoms with Crippen LogP contribution in [0.4, 0.5) is 0 Å². The van der Waals surface area contributed by atoms with E-state index in [-0.39, 0.29) is 18.1 Å². The first-order chi connectivity index (χ1) is 9.75. The number of rotatable bonds is 2. The molecule has 108 valence electrons. The lowest BCUT2D eigenvalue weighted by Gasteiger charge is -2.35. The van der Waals surface area contributed by atoms with Crippen LogP contribution in [-0.4, -0.2) is 43.1 Å². The summed E-state index contributed by atoms with van der Waals surface area (Å²) in [6.07, 6.45) is 1.33. The Labute approximate surface area is 120 Å². The van der Waals surface area contributed by atoms with E-state index in [4.69, 9.17) is 4.74 Å². The van der Waals surface area contributed by atoms with Crippen molar-refractivity contribution in [2.24, 2.45) is 0 Å². The first-order valence-electron chi connectivity index (χ1n) is 7.45. The molecule has 2 aliphatic rings. The Morgan fingerprint density at radius 3 is 3.15 bits per heavy atom. The molecule has 0 radical (unpaired) electrons. The molecule has 0 spiro atoms. The van der Waals surface area contributed by atoms with Crippen LogP contribution >= 0.6 is 0 Å². The van der Waals surface area contributed by atoms with Crippen LogP contribution in [-0.2, 0) is 16.0 Å². The number of amides is 1. The van der Waals surface area contributed by atoms with Gasteiger partial charge in [0.05, 0.1) is 19.1 Å². The van der Waals surface area contributed by atoms with Crippen LogP contribution in [0.3, 0.4) is 0 Å². The molecule has 2 aliphatic heterocycles. The molecule has 0 bridgehead atoms. The highest BCUT2D eigenvalue weighted by Gasteiger charge is 2.28. The molecule has 1 amide bonds. The third kappa shape index (κ3) is 2.72. The van der Waals surface area contributed by atoms with Crippen molar-refractivity contribution in [3.63, 3.8) is 0 Å². The van der Waals surface area contributed by atoms with Crippen molar-refractivity contribution in [1.82, 2.24) is 10.2 Å².